The van der Waals surface area contributed by atoms with Gasteiger partial charge in [0.05, 0.1) is 17.6 Å². The van der Waals surface area contributed by atoms with Crippen molar-refractivity contribution in [1.82, 2.24) is 15.3 Å². The van der Waals surface area contributed by atoms with Crippen LogP contribution in [0.2, 0.25) is 5.02 Å². The van der Waals surface area contributed by atoms with Gasteiger partial charge in [0, 0.05) is 30.1 Å². The molecule has 7 nitrogen and oxygen atoms in total. The van der Waals surface area contributed by atoms with Crippen molar-refractivity contribution in [2.75, 3.05) is 13.2 Å². The van der Waals surface area contributed by atoms with E-state index in [1.165, 1.54) is 0 Å². The Morgan fingerprint density at radius 3 is 2.76 bits per heavy atom. The van der Waals surface area contributed by atoms with Crippen LogP contribution >= 0.6 is 11.6 Å². The van der Waals surface area contributed by atoms with Gasteiger partial charge in [-0.3, -0.25) is 4.79 Å². The van der Waals surface area contributed by atoms with Crippen molar-refractivity contribution in [3.05, 3.63) is 76.8 Å². The minimum absolute atomic E-state index is 0.0507. The molecule has 3 N–H and O–H groups in total. The van der Waals surface area contributed by atoms with Gasteiger partial charge in [0.25, 0.3) is 5.91 Å². The van der Waals surface area contributed by atoms with Crippen LogP contribution in [-0.4, -0.2) is 40.5 Å². The maximum Gasteiger partial charge on any atom is 0.286 e. The van der Waals surface area contributed by atoms with E-state index in [0.717, 1.165) is 16.6 Å². The van der Waals surface area contributed by atoms with Crippen LogP contribution in [0.5, 0.6) is 0 Å². The van der Waals surface area contributed by atoms with Crippen molar-refractivity contribution in [2.24, 2.45) is 5.92 Å². The number of ether oxygens (including phenoxy) is 2. The molecule has 2 heterocycles. The minimum atomic E-state index is -0.598. The number of nitrogens with zero attached hydrogens (tertiary/aromatic N) is 1. The molecule has 2 aromatic carbocycles. The zero-order valence-corrected chi connectivity index (χ0v) is 19.2. The molecule has 0 saturated heterocycles. The molecular weight excluding hydrogens is 442 g/mol. The summed E-state index contributed by atoms with van der Waals surface area (Å²) in [4.78, 5) is 20.7. The van der Waals surface area contributed by atoms with E-state index < -0.39 is 6.29 Å². The number of para-hydroxylation sites is 2. The number of aromatic amines is 1. The van der Waals surface area contributed by atoms with Crippen molar-refractivity contribution in [3.8, 4) is 0 Å². The number of aromatic nitrogens is 2. The first-order chi connectivity index (χ1) is 16.1. The second-order valence-corrected chi connectivity index (χ2v) is 8.40. The number of aliphatic hydroxyl groups excluding tert-OH is 1. The van der Waals surface area contributed by atoms with Crippen LogP contribution in [0, 0.1) is 5.92 Å². The SMILES string of the molecule is CCO[C@H]1OC(C(=O)NCc2nc3ccccc3[nH]2)=C[C@@H](c2ccc(Cl)cc2)[C@@H]1CCCO. The molecule has 4 rings (SSSR count). The third-order valence-corrected chi connectivity index (χ3v) is 6.00. The highest BCUT2D eigenvalue weighted by Gasteiger charge is 2.37. The summed E-state index contributed by atoms with van der Waals surface area (Å²) < 4.78 is 11.9. The number of benzene rings is 2. The maximum atomic E-state index is 13.0. The van der Waals surface area contributed by atoms with Gasteiger partial charge in [-0.2, -0.15) is 0 Å². The third-order valence-electron chi connectivity index (χ3n) is 5.74. The van der Waals surface area contributed by atoms with E-state index in [-0.39, 0.29) is 36.7 Å². The number of allylic oxidation sites excluding steroid dienone is 1. The number of aliphatic hydroxyl groups is 1. The smallest absolute Gasteiger partial charge is 0.286 e. The Labute approximate surface area is 197 Å². The van der Waals surface area contributed by atoms with Gasteiger partial charge in [0.2, 0.25) is 6.29 Å². The first-order valence-corrected chi connectivity index (χ1v) is 11.5. The minimum Gasteiger partial charge on any atom is -0.459 e. The molecule has 8 heteroatoms. The van der Waals surface area contributed by atoms with E-state index in [0.29, 0.717) is 30.3 Å². The summed E-state index contributed by atoms with van der Waals surface area (Å²) in [6, 6.07) is 15.3. The Bertz CT molecular complexity index is 1080. The Balaban J connectivity index is 1.56. The molecule has 1 aliphatic rings. The number of carbonyl (C=O) groups is 1. The zero-order valence-electron chi connectivity index (χ0n) is 18.5. The number of amides is 1. The Hall–Kier alpha value is -2.87. The quantitative estimate of drug-likeness (QED) is 0.434. The lowest BCUT2D eigenvalue weighted by atomic mass is 9.80. The summed E-state index contributed by atoms with van der Waals surface area (Å²) in [5.41, 5.74) is 2.78. The number of fused-ring (bicyclic) bond motifs is 1. The molecule has 0 bridgehead atoms. The van der Waals surface area contributed by atoms with Crippen molar-refractivity contribution < 1.29 is 19.4 Å². The van der Waals surface area contributed by atoms with E-state index in [9.17, 15) is 9.90 Å². The van der Waals surface area contributed by atoms with Crippen LogP contribution in [0.1, 0.15) is 37.1 Å². The molecule has 174 valence electrons. The van der Waals surface area contributed by atoms with Gasteiger partial charge in [-0.25, -0.2) is 4.98 Å². The van der Waals surface area contributed by atoms with Gasteiger partial charge in [-0.05, 0) is 55.7 Å². The molecule has 0 radical (unpaired) electrons. The number of H-pyrrole nitrogens is 1. The lowest BCUT2D eigenvalue weighted by Gasteiger charge is -2.37. The number of halogens is 1. The van der Waals surface area contributed by atoms with Crippen LogP contribution in [0.15, 0.2) is 60.4 Å². The Kier molecular flexibility index (Phi) is 7.65. The fourth-order valence-electron chi connectivity index (χ4n) is 4.17. The van der Waals surface area contributed by atoms with E-state index in [4.69, 9.17) is 21.1 Å². The van der Waals surface area contributed by atoms with E-state index in [1.54, 1.807) is 0 Å². The molecule has 0 aliphatic carbocycles. The lowest BCUT2D eigenvalue weighted by molar-refractivity contribution is -0.166. The molecule has 1 aliphatic heterocycles. The molecule has 0 saturated carbocycles. The van der Waals surface area contributed by atoms with Crippen LogP contribution in [0.4, 0.5) is 0 Å². The number of rotatable bonds is 9. The summed E-state index contributed by atoms with van der Waals surface area (Å²) >= 11 is 6.09. The lowest BCUT2D eigenvalue weighted by Crippen LogP contribution is -2.39. The van der Waals surface area contributed by atoms with Crippen LogP contribution in [-0.2, 0) is 20.8 Å². The zero-order chi connectivity index (χ0) is 23.2. The highest BCUT2D eigenvalue weighted by atomic mass is 35.5. The van der Waals surface area contributed by atoms with Crippen molar-refractivity contribution in [2.45, 2.75) is 38.5 Å². The Morgan fingerprint density at radius 1 is 1.24 bits per heavy atom. The largest absolute Gasteiger partial charge is 0.459 e. The van der Waals surface area contributed by atoms with E-state index in [1.807, 2.05) is 61.5 Å². The first kappa shape index (κ1) is 23.3. The number of hydrogen-bond donors (Lipinski definition) is 3. The van der Waals surface area contributed by atoms with Crippen LogP contribution < -0.4 is 5.32 Å². The summed E-state index contributed by atoms with van der Waals surface area (Å²) in [5.74, 6) is 0.373. The molecule has 1 aromatic heterocycles. The van der Waals surface area contributed by atoms with Crippen molar-refractivity contribution in [1.29, 1.82) is 0 Å². The summed E-state index contributed by atoms with van der Waals surface area (Å²) in [5, 5.41) is 12.9. The molecule has 3 atom stereocenters. The normalized spacial score (nSPS) is 20.3. The summed E-state index contributed by atoms with van der Waals surface area (Å²) in [7, 11) is 0. The highest BCUT2D eigenvalue weighted by molar-refractivity contribution is 6.30. The van der Waals surface area contributed by atoms with Gasteiger partial charge < -0.3 is 24.9 Å². The monoisotopic (exact) mass is 469 g/mol. The molecule has 3 aromatic rings. The van der Waals surface area contributed by atoms with Gasteiger partial charge in [-0.15, -0.1) is 0 Å². The second-order valence-electron chi connectivity index (χ2n) is 7.96. The average Bonchev–Trinajstić information content (AvgIpc) is 3.25. The van der Waals surface area contributed by atoms with Crippen molar-refractivity contribution in [3.63, 3.8) is 0 Å². The van der Waals surface area contributed by atoms with Gasteiger partial charge in [0.1, 0.15) is 5.82 Å². The number of imidazole rings is 1. The standard InChI is InChI=1S/C25H28ClN3O4/c1-2-32-25-18(6-5-13-30)19(16-9-11-17(26)12-10-16)14-22(33-25)24(31)27-15-23-28-20-7-3-4-8-21(20)29-23/h3-4,7-12,14,18-19,25,30H,2,5-6,13,15H2,1H3,(H,27,31)(H,28,29)/t18-,19-,25-/m0/s1. The van der Waals surface area contributed by atoms with Crippen molar-refractivity contribution >= 4 is 28.5 Å². The van der Waals surface area contributed by atoms with E-state index in [2.05, 4.69) is 15.3 Å². The van der Waals surface area contributed by atoms with Crippen LogP contribution in [0.3, 0.4) is 0 Å². The van der Waals surface area contributed by atoms with E-state index >= 15 is 0 Å². The highest BCUT2D eigenvalue weighted by Crippen LogP contribution is 2.39. The predicted molar refractivity (Wildman–Crippen MR) is 127 cm³/mol. The summed E-state index contributed by atoms with van der Waals surface area (Å²) in [6.07, 6.45) is 2.55. The Morgan fingerprint density at radius 2 is 2.03 bits per heavy atom. The third kappa shape index (κ3) is 5.55. The average molecular weight is 470 g/mol. The fourth-order valence-corrected chi connectivity index (χ4v) is 4.30. The number of nitrogens with one attached hydrogen (secondary N) is 2. The molecule has 0 fully saturated rings. The van der Waals surface area contributed by atoms with Gasteiger partial charge >= 0.3 is 0 Å². The maximum absolute atomic E-state index is 13.0. The molecule has 0 spiro atoms. The molecule has 0 unspecified atom stereocenters. The fraction of sp³-hybridized carbons (Fsp3) is 0.360. The topological polar surface area (TPSA) is 96.5 Å². The number of carbonyl (C=O) groups excluding carboxylic acids is 1. The van der Waals surface area contributed by atoms with Crippen LogP contribution in [0.25, 0.3) is 11.0 Å². The number of hydrogen-bond acceptors (Lipinski definition) is 5. The van der Waals surface area contributed by atoms with Gasteiger partial charge in [0.15, 0.2) is 5.76 Å². The second kappa shape index (κ2) is 10.8. The molecule has 1 amide bonds. The predicted octanol–water partition coefficient (Wildman–Crippen LogP) is 4.28. The molecule has 33 heavy (non-hydrogen) atoms. The molecular formula is C25H28ClN3O4. The summed E-state index contributed by atoms with van der Waals surface area (Å²) in [6.45, 7) is 2.66. The first-order valence-electron chi connectivity index (χ1n) is 11.2. The van der Waals surface area contributed by atoms with Gasteiger partial charge in [-0.1, -0.05) is 35.9 Å².